The Morgan fingerprint density at radius 1 is 1.28 bits per heavy atom. The molecule has 18 heavy (non-hydrogen) atoms. The van der Waals surface area contributed by atoms with Crippen molar-refractivity contribution in [2.75, 3.05) is 0 Å². The summed E-state index contributed by atoms with van der Waals surface area (Å²) in [6.07, 6.45) is 1.23. The third kappa shape index (κ3) is 2.75. The molecule has 1 heterocycles. The number of rotatable bonds is 3. The minimum atomic E-state index is -0.534. The van der Waals surface area contributed by atoms with E-state index in [0.29, 0.717) is 5.02 Å². The smallest absolute Gasteiger partial charge is 0.285 e. The normalized spacial score (nSPS) is 10.3. The first kappa shape index (κ1) is 12.3. The van der Waals surface area contributed by atoms with Crippen LogP contribution >= 0.6 is 11.6 Å². The zero-order valence-electron chi connectivity index (χ0n) is 9.25. The van der Waals surface area contributed by atoms with Gasteiger partial charge in [0.1, 0.15) is 0 Å². The van der Waals surface area contributed by atoms with Crippen molar-refractivity contribution in [3.05, 3.63) is 73.6 Å². The predicted octanol–water partition coefficient (Wildman–Crippen LogP) is 2.46. The lowest BCUT2D eigenvalue weighted by molar-refractivity contribution is -0.385. The third-order valence-electron chi connectivity index (χ3n) is 2.42. The fourth-order valence-electron chi connectivity index (χ4n) is 1.58. The van der Waals surface area contributed by atoms with Crippen LogP contribution in [0.2, 0.25) is 5.02 Å². The van der Waals surface area contributed by atoms with Crippen LogP contribution in [0.3, 0.4) is 0 Å². The van der Waals surface area contributed by atoms with Crippen LogP contribution in [0.25, 0.3) is 0 Å². The predicted molar refractivity (Wildman–Crippen MR) is 67.9 cm³/mol. The molecule has 0 amide bonds. The standard InChI is InChI=1S/C12H9ClN2O3/c13-10-3-1-2-9(6-10)7-14-8-11(15(17)18)4-5-12(14)16/h1-6,8H,7H2. The summed E-state index contributed by atoms with van der Waals surface area (Å²) in [5, 5.41) is 11.2. The number of nitro groups is 1. The minimum absolute atomic E-state index is 0.114. The first-order valence-electron chi connectivity index (χ1n) is 5.15. The number of hydrogen-bond acceptors (Lipinski definition) is 3. The summed E-state index contributed by atoms with van der Waals surface area (Å²) in [5.41, 5.74) is 0.405. The Kier molecular flexibility index (Phi) is 3.43. The van der Waals surface area contributed by atoms with Gasteiger partial charge in [-0.05, 0) is 17.7 Å². The van der Waals surface area contributed by atoms with Crippen molar-refractivity contribution in [3.8, 4) is 0 Å². The van der Waals surface area contributed by atoms with Gasteiger partial charge in [-0.15, -0.1) is 0 Å². The molecule has 0 unspecified atom stereocenters. The molecule has 2 rings (SSSR count). The van der Waals surface area contributed by atoms with E-state index in [-0.39, 0.29) is 17.8 Å². The van der Waals surface area contributed by atoms with E-state index in [1.165, 1.54) is 22.9 Å². The van der Waals surface area contributed by atoms with Crippen LogP contribution in [0, 0.1) is 10.1 Å². The molecule has 0 saturated heterocycles. The summed E-state index contributed by atoms with van der Waals surface area (Å²) in [5.74, 6) is 0. The highest BCUT2D eigenvalue weighted by Gasteiger charge is 2.08. The van der Waals surface area contributed by atoms with E-state index < -0.39 is 4.92 Å². The number of halogens is 1. The van der Waals surface area contributed by atoms with Gasteiger partial charge in [0.15, 0.2) is 0 Å². The van der Waals surface area contributed by atoms with E-state index in [4.69, 9.17) is 11.6 Å². The van der Waals surface area contributed by atoms with Crippen molar-refractivity contribution in [1.29, 1.82) is 0 Å². The Balaban J connectivity index is 2.37. The average Bonchev–Trinajstić information content (AvgIpc) is 2.31. The van der Waals surface area contributed by atoms with E-state index >= 15 is 0 Å². The number of hydrogen-bond donors (Lipinski definition) is 0. The van der Waals surface area contributed by atoms with Crippen molar-refractivity contribution in [2.45, 2.75) is 6.54 Å². The molecule has 0 aliphatic heterocycles. The molecule has 6 heteroatoms. The second-order valence-electron chi connectivity index (χ2n) is 3.74. The van der Waals surface area contributed by atoms with Gasteiger partial charge < -0.3 is 4.57 Å². The molecule has 2 aromatic rings. The Bertz CT molecular complexity index is 652. The molecule has 1 aromatic heterocycles. The van der Waals surface area contributed by atoms with Crippen LogP contribution in [0.4, 0.5) is 5.69 Å². The van der Waals surface area contributed by atoms with Gasteiger partial charge in [0, 0.05) is 17.2 Å². The van der Waals surface area contributed by atoms with Gasteiger partial charge in [0.2, 0.25) is 0 Å². The first-order valence-corrected chi connectivity index (χ1v) is 5.53. The van der Waals surface area contributed by atoms with Gasteiger partial charge in [-0.1, -0.05) is 23.7 Å². The SMILES string of the molecule is O=c1ccc([N+](=O)[O-])cn1Cc1cccc(Cl)c1. The second-order valence-corrected chi connectivity index (χ2v) is 4.18. The molecule has 0 atom stereocenters. The zero-order valence-corrected chi connectivity index (χ0v) is 10.0. The molecular formula is C12H9ClN2O3. The van der Waals surface area contributed by atoms with E-state index in [9.17, 15) is 14.9 Å². The highest BCUT2D eigenvalue weighted by atomic mass is 35.5. The van der Waals surface area contributed by atoms with Crippen molar-refractivity contribution < 1.29 is 4.92 Å². The fourth-order valence-corrected chi connectivity index (χ4v) is 1.80. The summed E-state index contributed by atoms with van der Waals surface area (Å²) < 4.78 is 1.28. The molecule has 1 aromatic carbocycles. The molecule has 0 radical (unpaired) electrons. The van der Waals surface area contributed by atoms with Crippen LogP contribution < -0.4 is 5.56 Å². The molecular weight excluding hydrogens is 256 g/mol. The summed E-state index contributed by atoms with van der Waals surface area (Å²) in [7, 11) is 0. The van der Waals surface area contributed by atoms with E-state index in [2.05, 4.69) is 0 Å². The molecule has 0 N–H and O–H groups in total. The molecule has 0 saturated carbocycles. The van der Waals surface area contributed by atoms with Crippen molar-refractivity contribution in [1.82, 2.24) is 4.57 Å². The first-order chi connectivity index (χ1) is 8.56. The molecule has 0 spiro atoms. The van der Waals surface area contributed by atoms with Crippen molar-refractivity contribution in [2.24, 2.45) is 0 Å². The number of nitrogens with zero attached hydrogens (tertiary/aromatic N) is 2. The van der Waals surface area contributed by atoms with E-state index in [1.807, 2.05) is 0 Å². The third-order valence-corrected chi connectivity index (χ3v) is 2.66. The van der Waals surface area contributed by atoms with Crippen LogP contribution in [-0.4, -0.2) is 9.49 Å². The average molecular weight is 265 g/mol. The summed E-state index contributed by atoms with van der Waals surface area (Å²) in [4.78, 5) is 21.7. The van der Waals surface area contributed by atoms with Crippen molar-refractivity contribution in [3.63, 3.8) is 0 Å². The Hall–Kier alpha value is -2.14. The highest BCUT2D eigenvalue weighted by molar-refractivity contribution is 6.30. The van der Waals surface area contributed by atoms with Crippen LogP contribution in [0.5, 0.6) is 0 Å². The second kappa shape index (κ2) is 5.01. The van der Waals surface area contributed by atoms with Crippen molar-refractivity contribution >= 4 is 17.3 Å². The van der Waals surface area contributed by atoms with Crippen LogP contribution in [0.1, 0.15) is 5.56 Å². The van der Waals surface area contributed by atoms with Gasteiger partial charge in [-0.25, -0.2) is 0 Å². The fraction of sp³-hybridized carbons (Fsp3) is 0.0833. The number of pyridine rings is 1. The Labute approximate surface area is 107 Å². The van der Waals surface area contributed by atoms with Crippen LogP contribution in [0.15, 0.2) is 47.4 Å². The van der Waals surface area contributed by atoms with Gasteiger partial charge in [-0.3, -0.25) is 14.9 Å². The molecule has 0 aliphatic carbocycles. The van der Waals surface area contributed by atoms with Gasteiger partial charge >= 0.3 is 0 Å². The quantitative estimate of drug-likeness (QED) is 0.632. The molecule has 5 nitrogen and oxygen atoms in total. The monoisotopic (exact) mass is 264 g/mol. The topological polar surface area (TPSA) is 65.1 Å². The largest absolute Gasteiger partial charge is 0.304 e. The molecule has 92 valence electrons. The molecule has 0 bridgehead atoms. The summed E-state index contributed by atoms with van der Waals surface area (Å²) >= 11 is 5.84. The van der Waals surface area contributed by atoms with E-state index in [0.717, 1.165) is 5.56 Å². The summed E-state index contributed by atoms with van der Waals surface area (Å²) in [6.45, 7) is 0.251. The molecule has 0 aliphatic rings. The maximum Gasteiger partial charge on any atom is 0.285 e. The van der Waals surface area contributed by atoms with Gasteiger partial charge in [-0.2, -0.15) is 0 Å². The highest BCUT2D eigenvalue weighted by Crippen LogP contribution is 2.12. The molecule has 0 fully saturated rings. The Morgan fingerprint density at radius 2 is 2.06 bits per heavy atom. The Morgan fingerprint density at radius 3 is 2.72 bits per heavy atom. The lowest BCUT2D eigenvalue weighted by Gasteiger charge is -2.05. The summed E-state index contributed by atoms with van der Waals surface area (Å²) in [6, 6.07) is 9.38. The lowest BCUT2D eigenvalue weighted by Crippen LogP contribution is -2.19. The maximum absolute atomic E-state index is 11.6. The minimum Gasteiger partial charge on any atom is -0.304 e. The van der Waals surface area contributed by atoms with Gasteiger partial charge in [0.25, 0.3) is 11.2 Å². The van der Waals surface area contributed by atoms with E-state index in [1.54, 1.807) is 24.3 Å². The lowest BCUT2D eigenvalue weighted by atomic mass is 10.2. The zero-order chi connectivity index (χ0) is 13.1. The number of aromatic nitrogens is 1. The maximum atomic E-state index is 11.6. The number of benzene rings is 1. The van der Waals surface area contributed by atoms with Gasteiger partial charge in [0.05, 0.1) is 17.7 Å². The van der Waals surface area contributed by atoms with Crippen LogP contribution in [-0.2, 0) is 6.54 Å².